The lowest BCUT2D eigenvalue weighted by molar-refractivity contribution is 0.102. The third-order valence-corrected chi connectivity index (χ3v) is 8.02. The number of aromatic nitrogens is 2. The van der Waals surface area contributed by atoms with Crippen molar-refractivity contribution in [3.63, 3.8) is 0 Å². The van der Waals surface area contributed by atoms with E-state index in [1.165, 1.54) is 15.9 Å². The molecule has 33 heavy (non-hydrogen) atoms. The number of amides is 1. The molecule has 0 spiro atoms. The van der Waals surface area contributed by atoms with Gasteiger partial charge in [0.2, 0.25) is 10.0 Å². The normalized spacial score (nSPS) is 14.8. The second-order valence-corrected chi connectivity index (χ2v) is 10.4. The molecular formula is C25H30N4O3S. The fourth-order valence-corrected chi connectivity index (χ4v) is 5.61. The smallest absolute Gasteiger partial charge is 0.257 e. The first kappa shape index (κ1) is 23.2. The Morgan fingerprint density at radius 1 is 1.00 bits per heavy atom. The molecule has 1 aromatic heterocycles. The average molecular weight is 467 g/mol. The molecule has 1 amide bonds. The fourth-order valence-electron chi connectivity index (χ4n) is 4.06. The van der Waals surface area contributed by atoms with E-state index in [1.807, 2.05) is 0 Å². The van der Waals surface area contributed by atoms with Crippen LogP contribution in [-0.2, 0) is 23.0 Å². The summed E-state index contributed by atoms with van der Waals surface area (Å²) in [5, 5.41) is 7.24. The molecule has 0 unspecified atom stereocenters. The average Bonchev–Trinajstić information content (AvgIpc) is 3.26. The van der Waals surface area contributed by atoms with Crippen LogP contribution < -0.4 is 5.32 Å². The summed E-state index contributed by atoms with van der Waals surface area (Å²) in [4.78, 5) is 13.3. The maximum Gasteiger partial charge on any atom is 0.257 e. The van der Waals surface area contributed by atoms with Crippen LogP contribution in [0.2, 0.25) is 0 Å². The van der Waals surface area contributed by atoms with E-state index in [0.717, 1.165) is 31.2 Å². The summed E-state index contributed by atoms with van der Waals surface area (Å²) in [7, 11) is -3.62. The lowest BCUT2D eigenvalue weighted by atomic mass is 10.1. The Balaban J connectivity index is 1.53. The zero-order valence-electron chi connectivity index (χ0n) is 19.1. The third kappa shape index (κ3) is 5.17. The van der Waals surface area contributed by atoms with Gasteiger partial charge in [-0.25, -0.2) is 13.1 Å². The Labute approximate surface area is 195 Å². The molecular weight excluding hydrogens is 436 g/mol. The number of hydrogen-bond donors (Lipinski definition) is 1. The minimum atomic E-state index is -3.62. The van der Waals surface area contributed by atoms with Crippen LogP contribution in [0.3, 0.4) is 0 Å². The number of aryl methyl sites for hydroxylation is 2. The largest absolute Gasteiger partial charge is 0.307 e. The van der Waals surface area contributed by atoms with Crippen molar-refractivity contribution in [3.8, 4) is 0 Å². The van der Waals surface area contributed by atoms with Gasteiger partial charge in [-0.1, -0.05) is 43.7 Å². The van der Waals surface area contributed by atoms with Crippen LogP contribution in [0.25, 0.3) is 0 Å². The maximum absolute atomic E-state index is 13.1. The molecule has 174 valence electrons. The van der Waals surface area contributed by atoms with Gasteiger partial charge in [0.1, 0.15) is 5.82 Å². The Hall–Kier alpha value is -2.97. The van der Waals surface area contributed by atoms with Gasteiger partial charge in [0.05, 0.1) is 17.6 Å². The number of rotatable bonds is 7. The summed E-state index contributed by atoms with van der Waals surface area (Å²) >= 11 is 0. The number of nitrogens with zero attached hydrogens (tertiary/aromatic N) is 3. The zero-order valence-corrected chi connectivity index (χ0v) is 19.9. The molecule has 0 radical (unpaired) electrons. The lowest BCUT2D eigenvalue weighted by Crippen LogP contribution is -2.35. The standard InChI is InChI=1S/C25H30N4O3S/c1-3-20-8-10-21(11-9-20)18-29-24(13-14-26-29)27-25(30)23-17-22(12-7-19(23)2)33(31,32)28-15-5-4-6-16-28/h7-14,17H,3-6,15-16,18H2,1-2H3,(H,27,30). The van der Waals surface area contributed by atoms with Gasteiger partial charge in [0.15, 0.2) is 0 Å². The van der Waals surface area contributed by atoms with E-state index in [1.54, 1.807) is 36.0 Å². The van der Waals surface area contributed by atoms with Gasteiger partial charge in [0, 0.05) is 24.7 Å². The van der Waals surface area contributed by atoms with E-state index in [-0.39, 0.29) is 10.8 Å². The number of hydrogen-bond acceptors (Lipinski definition) is 4. The van der Waals surface area contributed by atoms with Gasteiger partial charge in [-0.15, -0.1) is 0 Å². The molecule has 0 atom stereocenters. The van der Waals surface area contributed by atoms with Gasteiger partial charge in [-0.05, 0) is 55.0 Å². The van der Waals surface area contributed by atoms with Gasteiger partial charge in [-0.2, -0.15) is 9.40 Å². The van der Waals surface area contributed by atoms with E-state index in [4.69, 9.17) is 0 Å². The predicted octanol–water partition coefficient (Wildman–Crippen LogP) is 4.23. The maximum atomic E-state index is 13.1. The highest BCUT2D eigenvalue weighted by Gasteiger charge is 2.27. The second kappa shape index (κ2) is 9.89. The van der Waals surface area contributed by atoms with Crippen molar-refractivity contribution in [2.24, 2.45) is 0 Å². The summed E-state index contributed by atoms with van der Waals surface area (Å²) in [5.74, 6) is 0.203. The third-order valence-electron chi connectivity index (χ3n) is 6.13. The molecule has 1 aliphatic rings. The number of nitrogens with one attached hydrogen (secondary N) is 1. The SMILES string of the molecule is CCc1ccc(Cn2nccc2NC(=O)c2cc(S(=O)(=O)N3CCCCC3)ccc2C)cc1. The highest BCUT2D eigenvalue weighted by Crippen LogP contribution is 2.23. The van der Waals surface area contributed by atoms with Crippen LogP contribution in [0.1, 0.15) is 53.2 Å². The van der Waals surface area contributed by atoms with Gasteiger partial charge < -0.3 is 5.32 Å². The first-order valence-corrected chi connectivity index (χ1v) is 12.8. The van der Waals surface area contributed by atoms with E-state index in [0.29, 0.717) is 36.6 Å². The number of carbonyl (C=O) groups is 1. The molecule has 1 aliphatic heterocycles. The first-order chi connectivity index (χ1) is 15.9. The van der Waals surface area contributed by atoms with Crippen LogP contribution in [0.4, 0.5) is 5.82 Å². The van der Waals surface area contributed by atoms with Crippen molar-refractivity contribution in [2.45, 2.75) is 51.0 Å². The fraction of sp³-hybridized carbons (Fsp3) is 0.360. The van der Waals surface area contributed by atoms with Crippen molar-refractivity contribution in [3.05, 3.63) is 77.0 Å². The minimum Gasteiger partial charge on any atom is -0.307 e. The van der Waals surface area contributed by atoms with Crippen molar-refractivity contribution >= 4 is 21.7 Å². The van der Waals surface area contributed by atoms with Crippen LogP contribution in [0.5, 0.6) is 0 Å². The number of piperidine rings is 1. The van der Waals surface area contributed by atoms with E-state index < -0.39 is 10.0 Å². The summed E-state index contributed by atoms with van der Waals surface area (Å²) < 4.78 is 29.4. The number of benzene rings is 2. The van der Waals surface area contributed by atoms with Crippen LogP contribution in [0, 0.1) is 6.92 Å². The van der Waals surface area contributed by atoms with E-state index in [9.17, 15) is 13.2 Å². The molecule has 8 heteroatoms. The van der Waals surface area contributed by atoms with Crippen molar-refractivity contribution in [1.29, 1.82) is 0 Å². The lowest BCUT2D eigenvalue weighted by Gasteiger charge is -2.26. The Morgan fingerprint density at radius 2 is 1.70 bits per heavy atom. The van der Waals surface area contributed by atoms with Crippen LogP contribution in [-0.4, -0.2) is 41.5 Å². The molecule has 2 aromatic carbocycles. The first-order valence-electron chi connectivity index (χ1n) is 11.4. The molecule has 0 saturated carbocycles. The molecule has 4 rings (SSSR count). The second-order valence-electron chi connectivity index (χ2n) is 8.44. The predicted molar refractivity (Wildman–Crippen MR) is 129 cm³/mol. The molecule has 0 aliphatic carbocycles. The van der Waals surface area contributed by atoms with Crippen molar-refractivity contribution < 1.29 is 13.2 Å². The van der Waals surface area contributed by atoms with Crippen LogP contribution in [0.15, 0.2) is 59.6 Å². The molecule has 7 nitrogen and oxygen atoms in total. The monoisotopic (exact) mass is 466 g/mol. The number of carbonyl (C=O) groups excluding carboxylic acids is 1. The van der Waals surface area contributed by atoms with Crippen molar-refractivity contribution in [2.75, 3.05) is 18.4 Å². The summed E-state index contributed by atoms with van der Waals surface area (Å²) in [6.45, 7) is 5.49. The Morgan fingerprint density at radius 3 is 2.39 bits per heavy atom. The Kier molecular flexibility index (Phi) is 6.95. The van der Waals surface area contributed by atoms with E-state index >= 15 is 0 Å². The highest BCUT2D eigenvalue weighted by molar-refractivity contribution is 7.89. The molecule has 1 saturated heterocycles. The quantitative estimate of drug-likeness (QED) is 0.565. The van der Waals surface area contributed by atoms with Crippen molar-refractivity contribution in [1.82, 2.24) is 14.1 Å². The molecule has 2 heterocycles. The van der Waals surface area contributed by atoms with Crippen LogP contribution >= 0.6 is 0 Å². The minimum absolute atomic E-state index is 0.157. The Bertz CT molecular complexity index is 1230. The highest BCUT2D eigenvalue weighted by atomic mass is 32.2. The molecule has 1 N–H and O–H groups in total. The number of sulfonamides is 1. The van der Waals surface area contributed by atoms with Gasteiger partial charge in [-0.3, -0.25) is 4.79 Å². The summed E-state index contributed by atoms with van der Waals surface area (Å²) in [5.41, 5.74) is 3.40. The molecule has 1 fully saturated rings. The molecule has 0 bridgehead atoms. The van der Waals surface area contributed by atoms with Gasteiger partial charge >= 0.3 is 0 Å². The van der Waals surface area contributed by atoms with Gasteiger partial charge in [0.25, 0.3) is 5.91 Å². The molecule has 3 aromatic rings. The zero-order chi connectivity index (χ0) is 23.4. The summed E-state index contributed by atoms with van der Waals surface area (Å²) in [6, 6.07) is 14.8. The summed E-state index contributed by atoms with van der Waals surface area (Å²) in [6.07, 6.45) is 5.40. The topological polar surface area (TPSA) is 84.3 Å². The van der Waals surface area contributed by atoms with E-state index in [2.05, 4.69) is 41.6 Å². The number of anilines is 1.